The number of hydrogen-bond acceptors (Lipinski definition) is 5. The third-order valence-electron chi connectivity index (χ3n) is 3.76. The SMILES string of the molecule is CC(SS)c1ccc(C2CCOC2)c(CNC(C)(C)C)n1. The van der Waals surface area contributed by atoms with Crippen LogP contribution in [0.2, 0.25) is 0 Å². The Morgan fingerprint density at radius 3 is 2.81 bits per heavy atom. The van der Waals surface area contributed by atoms with Gasteiger partial charge in [0, 0.05) is 24.6 Å². The lowest BCUT2D eigenvalue weighted by molar-refractivity contribution is 0.193. The molecule has 1 N–H and O–H groups in total. The van der Waals surface area contributed by atoms with E-state index in [0.717, 1.165) is 37.6 Å². The van der Waals surface area contributed by atoms with E-state index in [4.69, 9.17) is 9.72 Å². The van der Waals surface area contributed by atoms with Crippen LogP contribution in [0.5, 0.6) is 0 Å². The van der Waals surface area contributed by atoms with E-state index in [1.807, 2.05) is 0 Å². The van der Waals surface area contributed by atoms with Gasteiger partial charge >= 0.3 is 0 Å². The maximum Gasteiger partial charge on any atom is 0.0581 e. The molecule has 0 radical (unpaired) electrons. The maximum atomic E-state index is 5.55. The smallest absolute Gasteiger partial charge is 0.0581 e. The molecule has 2 atom stereocenters. The van der Waals surface area contributed by atoms with Crippen molar-refractivity contribution in [1.82, 2.24) is 10.3 Å². The van der Waals surface area contributed by atoms with Gasteiger partial charge in [0.15, 0.2) is 0 Å². The number of ether oxygens (including phenoxy) is 1. The largest absolute Gasteiger partial charge is 0.381 e. The summed E-state index contributed by atoms with van der Waals surface area (Å²) in [6.45, 7) is 11.2. The summed E-state index contributed by atoms with van der Waals surface area (Å²) in [5, 5.41) is 3.86. The molecule has 0 aromatic carbocycles. The fraction of sp³-hybridized carbons (Fsp3) is 0.688. The first kappa shape index (κ1) is 17.1. The molecule has 0 saturated carbocycles. The number of hydrogen-bond donors (Lipinski definition) is 2. The summed E-state index contributed by atoms with van der Waals surface area (Å²) in [6.07, 6.45) is 1.10. The second-order valence-electron chi connectivity index (χ2n) is 6.68. The number of rotatable bonds is 5. The Hall–Kier alpha value is -0.230. The molecule has 1 saturated heterocycles. The van der Waals surface area contributed by atoms with Crippen molar-refractivity contribution < 1.29 is 4.74 Å². The molecule has 0 aliphatic carbocycles. The molecule has 2 heterocycles. The first-order chi connectivity index (χ1) is 9.90. The Morgan fingerprint density at radius 1 is 1.48 bits per heavy atom. The van der Waals surface area contributed by atoms with E-state index in [1.165, 1.54) is 16.4 Å². The fourth-order valence-electron chi connectivity index (χ4n) is 2.45. The summed E-state index contributed by atoms with van der Waals surface area (Å²) in [5.41, 5.74) is 3.69. The van der Waals surface area contributed by atoms with Crippen LogP contribution in [0.4, 0.5) is 0 Å². The Kier molecular flexibility index (Phi) is 6.00. The first-order valence-electron chi connectivity index (χ1n) is 7.53. The van der Waals surface area contributed by atoms with Crippen molar-refractivity contribution in [2.24, 2.45) is 0 Å². The molecule has 2 rings (SSSR count). The maximum absolute atomic E-state index is 5.55. The minimum absolute atomic E-state index is 0.0883. The van der Waals surface area contributed by atoms with Crippen molar-refractivity contribution in [3.63, 3.8) is 0 Å². The minimum atomic E-state index is 0.0883. The lowest BCUT2D eigenvalue weighted by Crippen LogP contribution is -2.35. The van der Waals surface area contributed by atoms with Crippen LogP contribution in [0, 0.1) is 0 Å². The van der Waals surface area contributed by atoms with E-state index in [9.17, 15) is 0 Å². The van der Waals surface area contributed by atoms with Crippen LogP contribution in [0.1, 0.15) is 62.2 Å². The van der Waals surface area contributed by atoms with E-state index in [2.05, 4.69) is 56.8 Å². The summed E-state index contributed by atoms with van der Waals surface area (Å²) in [6, 6.07) is 4.38. The van der Waals surface area contributed by atoms with Crippen molar-refractivity contribution >= 4 is 22.5 Å². The highest BCUT2D eigenvalue weighted by Gasteiger charge is 2.23. The summed E-state index contributed by atoms with van der Waals surface area (Å²) in [4.78, 5) is 4.90. The molecule has 0 amide bonds. The zero-order chi connectivity index (χ0) is 15.5. The Balaban J connectivity index is 2.25. The summed E-state index contributed by atoms with van der Waals surface area (Å²) >= 11 is 4.31. The van der Waals surface area contributed by atoms with Crippen molar-refractivity contribution in [1.29, 1.82) is 0 Å². The van der Waals surface area contributed by atoms with E-state index in [1.54, 1.807) is 0 Å². The van der Waals surface area contributed by atoms with Gasteiger partial charge in [0.25, 0.3) is 0 Å². The van der Waals surface area contributed by atoms with E-state index in [-0.39, 0.29) is 5.54 Å². The number of nitrogens with one attached hydrogen (secondary N) is 1. The molecule has 0 bridgehead atoms. The standard InChI is InChI=1S/C16H26N2OS2/c1-11(21-20)14-6-5-13(12-7-8-19-10-12)15(18-14)9-17-16(2,3)4/h5-6,11-12,17,20H,7-10H2,1-4H3. The Labute approximate surface area is 137 Å². The summed E-state index contributed by atoms with van der Waals surface area (Å²) in [7, 11) is 1.54. The molecule has 3 nitrogen and oxygen atoms in total. The number of aromatic nitrogens is 1. The Morgan fingerprint density at radius 2 is 2.24 bits per heavy atom. The van der Waals surface area contributed by atoms with Gasteiger partial charge in [-0.1, -0.05) is 16.9 Å². The molecule has 1 aliphatic heterocycles. The van der Waals surface area contributed by atoms with Crippen LogP contribution in [0.3, 0.4) is 0 Å². The highest BCUT2D eigenvalue weighted by atomic mass is 33.1. The fourth-order valence-corrected chi connectivity index (χ4v) is 3.01. The average Bonchev–Trinajstić information content (AvgIpc) is 2.97. The van der Waals surface area contributed by atoms with Crippen molar-refractivity contribution in [2.45, 2.75) is 57.4 Å². The minimum Gasteiger partial charge on any atom is -0.381 e. The van der Waals surface area contributed by atoms with Crippen LogP contribution < -0.4 is 5.32 Å². The van der Waals surface area contributed by atoms with Crippen LogP contribution in [0.25, 0.3) is 0 Å². The number of thiol groups is 1. The topological polar surface area (TPSA) is 34.1 Å². The van der Waals surface area contributed by atoms with Crippen molar-refractivity contribution in [3.05, 3.63) is 29.1 Å². The molecule has 1 aromatic heterocycles. The first-order valence-corrected chi connectivity index (χ1v) is 9.46. The molecular weight excluding hydrogens is 300 g/mol. The van der Waals surface area contributed by atoms with Gasteiger partial charge in [0.2, 0.25) is 0 Å². The predicted molar refractivity (Wildman–Crippen MR) is 94.0 cm³/mol. The van der Waals surface area contributed by atoms with Crippen LogP contribution >= 0.6 is 22.5 Å². The zero-order valence-electron chi connectivity index (χ0n) is 13.3. The second kappa shape index (κ2) is 7.36. The number of nitrogens with zero attached hydrogens (tertiary/aromatic N) is 1. The molecule has 2 unspecified atom stereocenters. The molecule has 1 fully saturated rings. The van der Waals surface area contributed by atoms with Gasteiger partial charge in [-0.2, -0.15) is 0 Å². The van der Waals surface area contributed by atoms with Gasteiger partial charge in [-0.3, -0.25) is 4.98 Å². The third kappa shape index (κ3) is 4.88. The van der Waals surface area contributed by atoms with Gasteiger partial charge < -0.3 is 10.1 Å². The molecular formula is C16H26N2OS2. The summed E-state index contributed by atoms with van der Waals surface area (Å²) < 4.78 is 5.55. The normalized spacial score (nSPS) is 20.7. The average molecular weight is 327 g/mol. The van der Waals surface area contributed by atoms with Crippen molar-refractivity contribution in [2.75, 3.05) is 13.2 Å². The molecule has 1 aromatic rings. The highest BCUT2D eigenvalue weighted by Crippen LogP contribution is 2.33. The van der Waals surface area contributed by atoms with Gasteiger partial charge in [-0.15, -0.1) is 11.7 Å². The lowest BCUT2D eigenvalue weighted by atomic mass is 9.95. The molecule has 5 heteroatoms. The molecule has 118 valence electrons. The second-order valence-corrected chi connectivity index (χ2v) is 8.23. The molecule has 1 aliphatic rings. The van der Waals surface area contributed by atoms with Gasteiger partial charge in [-0.05, 0) is 45.7 Å². The lowest BCUT2D eigenvalue weighted by Gasteiger charge is -2.23. The van der Waals surface area contributed by atoms with Crippen LogP contribution in [-0.4, -0.2) is 23.7 Å². The molecule has 0 spiro atoms. The number of pyridine rings is 1. The zero-order valence-corrected chi connectivity index (χ0v) is 15.1. The van der Waals surface area contributed by atoms with E-state index < -0.39 is 0 Å². The monoisotopic (exact) mass is 326 g/mol. The quantitative estimate of drug-likeness (QED) is 0.630. The van der Waals surface area contributed by atoms with Crippen LogP contribution in [0.15, 0.2) is 12.1 Å². The van der Waals surface area contributed by atoms with E-state index >= 15 is 0 Å². The summed E-state index contributed by atoms with van der Waals surface area (Å²) in [5.74, 6) is 0.488. The van der Waals surface area contributed by atoms with Gasteiger partial charge in [-0.25, -0.2) is 0 Å². The Bertz CT molecular complexity index is 468. The van der Waals surface area contributed by atoms with E-state index in [0.29, 0.717) is 11.2 Å². The van der Waals surface area contributed by atoms with Gasteiger partial charge in [0.05, 0.1) is 23.2 Å². The van der Waals surface area contributed by atoms with Gasteiger partial charge in [0.1, 0.15) is 0 Å². The van der Waals surface area contributed by atoms with Crippen molar-refractivity contribution in [3.8, 4) is 0 Å². The van der Waals surface area contributed by atoms with Crippen LogP contribution in [-0.2, 0) is 11.3 Å². The predicted octanol–water partition coefficient (Wildman–Crippen LogP) is 4.11. The third-order valence-corrected chi connectivity index (χ3v) is 5.27. The molecule has 21 heavy (non-hydrogen) atoms. The highest BCUT2D eigenvalue weighted by molar-refractivity contribution is 8.68.